The van der Waals surface area contributed by atoms with E-state index in [-0.39, 0.29) is 17.4 Å². The maximum atomic E-state index is 12.1. The summed E-state index contributed by atoms with van der Waals surface area (Å²) in [6, 6.07) is 6.57. The van der Waals surface area contributed by atoms with E-state index in [9.17, 15) is 13.2 Å². The molecule has 1 aromatic heterocycles. The Morgan fingerprint density at radius 3 is 2.32 bits per heavy atom. The van der Waals surface area contributed by atoms with E-state index in [4.69, 9.17) is 11.6 Å². The van der Waals surface area contributed by atoms with Crippen LogP contribution in [0.5, 0.6) is 0 Å². The highest BCUT2D eigenvalue weighted by Crippen LogP contribution is 2.12. The summed E-state index contributed by atoms with van der Waals surface area (Å²) in [5.41, 5.74) is 0.980. The summed E-state index contributed by atoms with van der Waals surface area (Å²) in [6.45, 7) is 1.46. The summed E-state index contributed by atoms with van der Waals surface area (Å²) in [7, 11) is -2.90. The van der Waals surface area contributed by atoms with E-state index >= 15 is 0 Å². The van der Waals surface area contributed by atoms with Gasteiger partial charge >= 0.3 is 0 Å². The van der Waals surface area contributed by atoms with Gasteiger partial charge in [-0.05, 0) is 24.3 Å². The lowest BCUT2D eigenvalue weighted by Crippen LogP contribution is -2.40. The number of nitrogens with one attached hydrogen (secondary N) is 1. The Balaban J connectivity index is 1.57. The fourth-order valence-electron chi connectivity index (χ4n) is 2.41. The van der Waals surface area contributed by atoms with Crippen LogP contribution in [-0.4, -0.2) is 53.8 Å². The molecule has 132 valence electrons. The standard InChI is InChI=1S/C16H17ClN4O3S/c17-13-3-1-12(2-4-13)16(22)20-14-9-18-15(19-10-14)11-21-5-7-25(23,24)8-6-21/h1-4,9-10H,5-8,11H2,(H,20,22). The summed E-state index contributed by atoms with van der Waals surface area (Å²) in [5, 5.41) is 3.28. The fraction of sp³-hybridized carbons (Fsp3) is 0.312. The molecule has 0 radical (unpaired) electrons. The van der Waals surface area contributed by atoms with Crippen LogP contribution in [0, 0.1) is 0 Å². The topological polar surface area (TPSA) is 92.3 Å². The van der Waals surface area contributed by atoms with Crippen LogP contribution < -0.4 is 5.32 Å². The molecule has 1 saturated heterocycles. The van der Waals surface area contributed by atoms with Crippen LogP contribution in [-0.2, 0) is 16.4 Å². The first-order chi connectivity index (χ1) is 11.9. The number of carbonyl (C=O) groups is 1. The molecule has 1 aliphatic rings. The van der Waals surface area contributed by atoms with Gasteiger partial charge in [-0.3, -0.25) is 9.69 Å². The minimum Gasteiger partial charge on any atom is -0.319 e. The number of hydrogen-bond donors (Lipinski definition) is 1. The number of hydrogen-bond acceptors (Lipinski definition) is 6. The summed E-state index contributed by atoms with van der Waals surface area (Å²) >= 11 is 5.80. The van der Waals surface area contributed by atoms with Crippen molar-refractivity contribution in [3.63, 3.8) is 0 Å². The number of carbonyl (C=O) groups excluding carboxylic acids is 1. The summed E-state index contributed by atoms with van der Waals surface area (Å²) in [4.78, 5) is 22.6. The lowest BCUT2D eigenvalue weighted by molar-refractivity contribution is 0.102. The molecule has 1 amide bonds. The van der Waals surface area contributed by atoms with Crippen LogP contribution in [0.4, 0.5) is 5.69 Å². The van der Waals surface area contributed by atoms with Crippen molar-refractivity contribution in [2.24, 2.45) is 0 Å². The second-order valence-electron chi connectivity index (χ2n) is 5.78. The molecule has 9 heteroatoms. The van der Waals surface area contributed by atoms with Gasteiger partial charge in [-0.1, -0.05) is 11.6 Å². The number of anilines is 1. The lowest BCUT2D eigenvalue weighted by atomic mass is 10.2. The van der Waals surface area contributed by atoms with Gasteiger partial charge in [-0.2, -0.15) is 0 Å². The molecule has 0 aliphatic carbocycles. The largest absolute Gasteiger partial charge is 0.319 e. The first-order valence-corrected chi connectivity index (χ1v) is 9.92. The predicted molar refractivity (Wildman–Crippen MR) is 95.4 cm³/mol. The van der Waals surface area contributed by atoms with Crippen LogP contribution in [0.1, 0.15) is 16.2 Å². The Labute approximate surface area is 151 Å². The van der Waals surface area contributed by atoms with Crippen molar-refractivity contribution in [2.45, 2.75) is 6.54 Å². The molecule has 1 aliphatic heterocycles. The van der Waals surface area contributed by atoms with Crippen molar-refractivity contribution in [1.82, 2.24) is 14.9 Å². The molecule has 1 aromatic carbocycles. The second kappa shape index (κ2) is 7.47. The highest BCUT2D eigenvalue weighted by atomic mass is 35.5. The molecular formula is C16H17ClN4O3S. The number of rotatable bonds is 4. The Hall–Kier alpha value is -2.03. The van der Waals surface area contributed by atoms with E-state index in [1.165, 1.54) is 12.4 Å². The molecule has 2 heterocycles. The van der Waals surface area contributed by atoms with Crippen molar-refractivity contribution in [3.05, 3.63) is 53.1 Å². The molecule has 2 aromatic rings. The summed E-state index contributed by atoms with van der Waals surface area (Å²) in [6.07, 6.45) is 3.08. The summed E-state index contributed by atoms with van der Waals surface area (Å²) in [5.74, 6) is 0.655. The number of amides is 1. The molecule has 1 fully saturated rings. The van der Waals surface area contributed by atoms with Crippen LogP contribution in [0.15, 0.2) is 36.7 Å². The Bertz CT molecular complexity index is 840. The smallest absolute Gasteiger partial charge is 0.255 e. The zero-order valence-corrected chi connectivity index (χ0v) is 14.9. The van der Waals surface area contributed by atoms with Gasteiger partial charge in [0.1, 0.15) is 5.82 Å². The second-order valence-corrected chi connectivity index (χ2v) is 8.52. The van der Waals surface area contributed by atoms with Crippen LogP contribution in [0.2, 0.25) is 5.02 Å². The molecular weight excluding hydrogens is 364 g/mol. The fourth-order valence-corrected chi connectivity index (χ4v) is 3.82. The van der Waals surface area contributed by atoms with Gasteiger partial charge in [0.25, 0.3) is 5.91 Å². The van der Waals surface area contributed by atoms with E-state index in [1.54, 1.807) is 24.3 Å². The number of nitrogens with zero attached hydrogens (tertiary/aromatic N) is 3. The zero-order valence-electron chi connectivity index (χ0n) is 13.4. The minimum atomic E-state index is -2.90. The van der Waals surface area contributed by atoms with Crippen molar-refractivity contribution >= 4 is 33.0 Å². The molecule has 0 atom stereocenters. The average Bonchev–Trinajstić information content (AvgIpc) is 2.59. The van der Waals surface area contributed by atoms with E-state index in [0.29, 0.717) is 41.7 Å². The van der Waals surface area contributed by atoms with Crippen LogP contribution in [0.3, 0.4) is 0 Å². The highest BCUT2D eigenvalue weighted by molar-refractivity contribution is 7.91. The third-order valence-corrected chi connectivity index (χ3v) is 5.73. The van der Waals surface area contributed by atoms with Crippen molar-refractivity contribution < 1.29 is 13.2 Å². The van der Waals surface area contributed by atoms with Gasteiger partial charge < -0.3 is 5.32 Å². The van der Waals surface area contributed by atoms with Crippen LogP contribution in [0.25, 0.3) is 0 Å². The number of halogens is 1. The molecule has 1 N–H and O–H groups in total. The molecule has 25 heavy (non-hydrogen) atoms. The van der Waals surface area contributed by atoms with Gasteiger partial charge in [0.2, 0.25) is 0 Å². The quantitative estimate of drug-likeness (QED) is 0.866. The van der Waals surface area contributed by atoms with E-state index in [0.717, 1.165) is 0 Å². The Morgan fingerprint density at radius 2 is 1.72 bits per heavy atom. The van der Waals surface area contributed by atoms with E-state index in [2.05, 4.69) is 15.3 Å². The SMILES string of the molecule is O=C(Nc1cnc(CN2CCS(=O)(=O)CC2)nc1)c1ccc(Cl)cc1. The maximum Gasteiger partial charge on any atom is 0.255 e. The zero-order chi connectivity index (χ0) is 17.9. The molecule has 0 saturated carbocycles. The van der Waals surface area contributed by atoms with E-state index in [1.807, 2.05) is 4.90 Å². The molecule has 0 bridgehead atoms. The number of aromatic nitrogens is 2. The molecule has 0 unspecified atom stereocenters. The van der Waals surface area contributed by atoms with Gasteiger partial charge in [-0.25, -0.2) is 18.4 Å². The minimum absolute atomic E-state index is 0.169. The van der Waals surface area contributed by atoms with Crippen LogP contribution >= 0.6 is 11.6 Å². The normalized spacial score (nSPS) is 17.2. The number of benzene rings is 1. The average molecular weight is 381 g/mol. The van der Waals surface area contributed by atoms with Gasteiger partial charge in [0, 0.05) is 23.7 Å². The van der Waals surface area contributed by atoms with Crippen molar-refractivity contribution in [1.29, 1.82) is 0 Å². The van der Waals surface area contributed by atoms with Gasteiger partial charge in [0.15, 0.2) is 9.84 Å². The number of sulfone groups is 1. The lowest BCUT2D eigenvalue weighted by Gasteiger charge is -2.25. The molecule has 3 rings (SSSR count). The van der Waals surface area contributed by atoms with Crippen molar-refractivity contribution in [3.8, 4) is 0 Å². The first-order valence-electron chi connectivity index (χ1n) is 7.72. The Morgan fingerprint density at radius 1 is 1.12 bits per heavy atom. The van der Waals surface area contributed by atoms with E-state index < -0.39 is 9.84 Å². The third kappa shape index (κ3) is 4.97. The Kier molecular flexibility index (Phi) is 5.31. The molecule has 0 spiro atoms. The third-order valence-electron chi connectivity index (χ3n) is 3.87. The maximum absolute atomic E-state index is 12.1. The van der Waals surface area contributed by atoms with Crippen molar-refractivity contribution in [2.75, 3.05) is 29.9 Å². The van der Waals surface area contributed by atoms with Gasteiger partial charge in [0.05, 0.1) is 36.1 Å². The molecule has 7 nitrogen and oxygen atoms in total. The summed E-state index contributed by atoms with van der Waals surface area (Å²) < 4.78 is 22.9. The first kappa shape index (κ1) is 17.8. The monoisotopic (exact) mass is 380 g/mol. The van der Waals surface area contributed by atoms with Gasteiger partial charge in [-0.15, -0.1) is 0 Å². The highest BCUT2D eigenvalue weighted by Gasteiger charge is 2.22. The predicted octanol–water partition coefficient (Wildman–Crippen LogP) is 1.61.